The number of hydrogen-bond donors (Lipinski definition) is 4. The highest BCUT2D eigenvalue weighted by atomic mass is 16.3. The minimum Gasteiger partial charge on any atom is -0.395 e. The quantitative estimate of drug-likeness (QED) is 0.300. The third-order valence-electron chi connectivity index (χ3n) is 3.91. The molecule has 5 nitrogen and oxygen atoms in total. The molecule has 0 aliphatic carbocycles. The molecule has 25 heavy (non-hydrogen) atoms. The summed E-state index contributed by atoms with van der Waals surface area (Å²) in [6.07, 6.45) is 15.1. The molecule has 152 valence electrons. The van der Waals surface area contributed by atoms with Gasteiger partial charge in [0.05, 0.1) is 13.2 Å². The van der Waals surface area contributed by atoms with Crippen molar-refractivity contribution < 1.29 is 15.0 Å². The summed E-state index contributed by atoms with van der Waals surface area (Å²) in [5.74, 6) is 0.216. The van der Waals surface area contributed by atoms with Gasteiger partial charge in [-0.2, -0.15) is 0 Å². The lowest BCUT2D eigenvalue weighted by atomic mass is 10.1. The molecular weight excluding hydrogens is 316 g/mol. The molecule has 0 radical (unpaired) electrons. The predicted octanol–water partition coefficient (Wildman–Crippen LogP) is 3.38. The maximum absolute atomic E-state index is 11.2. The van der Waals surface area contributed by atoms with Crippen LogP contribution in [0.1, 0.15) is 90.9 Å². The van der Waals surface area contributed by atoms with Crippen LogP contribution >= 0.6 is 0 Å². The monoisotopic (exact) mass is 360 g/mol. The van der Waals surface area contributed by atoms with E-state index in [0.717, 1.165) is 19.4 Å². The van der Waals surface area contributed by atoms with Crippen LogP contribution in [0.3, 0.4) is 0 Å². The molecule has 0 saturated carbocycles. The molecule has 0 rings (SSSR count). The average molecular weight is 361 g/mol. The minimum absolute atomic E-state index is 0.139. The normalized spacial score (nSPS) is 10.2. The second-order valence-electron chi connectivity index (χ2n) is 6.48. The number of unbranched alkanes of at least 4 members (excludes halogenated alkanes) is 9. The molecule has 0 spiro atoms. The zero-order valence-electron chi connectivity index (χ0n) is 16.8. The van der Waals surface area contributed by atoms with E-state index in [-0.39, 0.29) is 19.1 Å². The molecule has 0 aromatic carbocycles. The van der Waals surface area contributed by atoms with E-state index >= 15 is 0 Å². The van der Waals surface area contributed by atoms with Crippen molar-refractivity contribution in [2.45, 2.75) is 90.9 Å². The molecule has 0 aromatic rings. The van der Waals surface area contributed by atoms with Crippen molar-refractivity contribution in [1.29, 1.82) is 0 Å². The number of aliphatic hydroxyl groups is 2. The van der Waals surface area contributed by atoms with Gasteiger partial charge in [-0.05, 0) is 12.8 Å². The smallest absolute Gasteiger partial charge is 0.219 e. The highest BCUT2D eigenvalue weighted by Gasteiger charge is 1.97. The fourth-order valence-corrected chi connectivity index (χ4v) is 2.44. The lowest BCUT2D eigenvalue weighted by Crippen LogP contribution is -2.23. The Morgan fingerprint density at radius 3 is 1.60 bits per heavy atom. The highest BCUT2D eigenvalue weighted by molar-refractivity contribution is 5.75. The summed E-state index contributed by atoms with van der Waals surface area (Å²) in [6.45, 7) is 6.59. The maximum Gasteiger partial charge on any atom is 0.219 e. The van der Waals surface area contributed by atoms with Crippen molar-refractivity contribution >= 4 is 5.91 Å². The lowest BCUT2D eigenvalue weighted by molar-refractivity contribution is -0.121. The Labute approximate surface area is 156 Å². The largest absolute Gasteiger partial charge is 0.395 e. The molecule has 0 saturated heterocycles. The zero-order valence-corrected chi connectivity index (χ0v) is 16.8. The Hall–Kier alpha value is -0.650. The first-order chi connectivity index (χ1) is 12.2. The van der Waals surface area contributed by atoms with Gasteiger partial charge in [0.2, 0.25) is 5.91 Å². The van der Waals surface area contributed by atoms with Gasteiger partial charge in [0.1, 0.15) is 0 Å². The van der Waals surface area contributed by atoms with Crippen LogP contribution in [0.5, 0.6) is 0 Å². The Balaban J connectivity index is 0. The van der Waals surface area contributed by atoms with Crippen molar-refractivity contribution in [2.24, 2.45) is 0 Å². The summed E-state index contributed by atoms with van der Waals surface area (Å²) < 4.78 is 0. The van der Waals surface area contributed by atoms with Crippen molar-refractivity contribution in [1.82, 2.24) is 10.6 Å². The fraction of sp³-hybridized carbons (Fsp3) is 0.950. The number of carbonyl (C=O) groups is 1. The molecule has 0 bridgehead atoms. The van der Waals surface area contributed by atoms with Crippen molar-refractivity contribution in [2.75, 3.05) is 32.8 Å². The molecule has 0 aliphatic heterocycles. The molecule has 0 aliphatic rings. The number of amides is 1. The average Bonchev–Trinajstić information content (AvgIpc) is 2.61. The van der Waals surface area contributed by atoms with Crippen molar-refractivity contribution in [3.05, 3.63) is 0 Å². The van der Waals surface area contributed by atoms with E-state index < -0.39 is 0 Å². The van der Waals surface area contributed by atoms with E-state index in [0.29, 0.717) is 19.5 Å². The third-order valence-corrected chi connectivity index (χ3v) is 3.91. The number of carbonyl (C=O) groups excluding carboxylic acids is 1. The molecule has 0 aromatic heterocycles. The van der Waals surface area contributed by atoms with Gasteiger partial charge in [-0.3, -0.25) is 4.79 Å². The van der Waals surface area contributed by atoms with Gasteiger partial charge < -0.3 is 20.8 Å². The Bertz CT molecular complexity index is 247. The number of rotatable bonds is 17. The van der Waals surface area contributed by atoms with Gasteiger partial charge in [-0.1, -0.05) is 71.6 Å². The standard InChI is InChI=1S/C16H33NO.C4H11NO2/c1-3-5-6-7-8-9-10-11-12-13-15-17-16(18)14-4-2;6-3-1-5-2-4-7/h3-15H2,1-2H3,(H,17,18);5-7H,1-4H2. The lowest BCUT2D eigenvalue weighted by Gasteiger charge is -2.04. The van der Waals surface area contributed by atoms with Crippen LogP contribution in [0.2, 0.25) is 0 Å². The third kappa shape index (κ3) is 28.4. The fourth-order valence-electron chi connectivity index (χ4n) is 2.44. The first kappa shape index (κ1) is 26.6. The van der Waals surface area contributed by atoms with Crippen molar-refractivity contribution in [3.63, 3.8) is 0 Å². The van der Waals surface area contributed by atoms with Crippen molar-refractivity contribution in [3.8, 4) is 0 Å². The molecule has 4 N–H and O–H groups in total. The minimum atomic E-state index is 0.139. The Morgan fingerprint density at radius 1 is 0.680 bits per heavy atom. The molecule has 0 fully saturated rings. The van der Waals surface area contributed by atoms with E-state index in [1.54, 1.807) is 0 Å². The Morgan fingerprint density at radius 2 is 1.16 bits per heavy atom. The molecule has 0 heterocycles. The summed E-state index contributed by atoms with van der Waals surface area (Å²) in [4.78, 5) is 11.2. The van der Waals surface area contributed by atoms with Gasteiger partial charge in [0.15, 0.2) is 0 Å². The van der Waals surface area contributed by atoms with Crippen LogP contribution in [0.15, 0.2) is 0 Å². The topological polar surface area (TPSA) is 81.6 Å². The van der Waals surface area contributed by atoms with Gasteiger partial charge in [-0.15, -0.1) is 0 Å². The second-order valence-corrected chi connectivity index (χ2v) is 6.48. The Kier molecular flexibility index (Phi) is 27.2. The van der Waals surface area contributed by atoms with E-state index in [1.807, 2.05) is 6.92 Å². The maximum atomic E-state index is 11.2. The predicted molar refractivity (Wildman–Crippen MR) is 107 cm³/mol. The molecular formula is C20H44N2O3. The van der Waals surface area contributed by atoms with E-state index in [2.05, 4.69) is 17.6 Å². The summed E-state index contributed by atoms with van der Waals surface area (Å²) in [5, 5.41) is 22.1. The second kappa shape index (κ2) is 25.6. The summed E-state index contributed by atoms with van der Waals surface area (Å²) in [6, 6.07) is 0. The molecule has 0 atom stereocenters. The van der Waals surface area contributed by atoms with Gasteiger partial charge in [0.25, 0.3) is 0 Å². The highest BCUT2D eigenvalue weighted by Crippen LogP contribution is 2.10. The summed E-state index contributed by atoms with van der Waals surface area (Å²) in [7, 11) is 0. The van der Waals surface area contributed by atoms with E-state index in [9.17, 15) is 4.79 Å². The molecule has 0 unspecified atom stereocenters. The first-order valence-electron chi connectivity index (χ1n) is 10.4. The SMILES string of the molecule is CCCCCCCCCCCCNC(=O)CCC.OCCNCCO. The van der Waals surface area contributed by atoms with Crippen LogP contribution in [0.25, 0.3) is 0 Å². The van der Waals surface area contributed by atoms with Crippen LogP contribution in [0.4, 0.5) is 0 Å². The van der Waals surface area contributed by atoms with Crippen LogP contribution in [-0.2, 0) is 4.79 Å². The van der Waals surface area contributed by atoms with E-state index in [4.69, 9.17) is 10.2 Å². The number of aliphatic hydroxyl groups excluding tert-OH is 2. The van der Waals surface area contributed by atoms with Crippen LogP contribution in [0, 0.1) is 0 Å². The van der Waals surface area contributed by atoms with Gasteiger partial charge >= 0.3 is 0 Å². The van der Waals surface area contributed by atoms with Crippen LogP contribution in [-0.4, -0.2) is 49.0 Å². The van der Waals surface area contributed by atoms with Crippen LogP contribution < -0.4 is 10.6 Å². The van der Waals surface area contributed by atoms with Gasteiger partial charge in [-0.25, -0.2) is 0 Å². The van der Waals surface area contributed by atoms with E-state index in [1.165, 1.54) is 57.8 Å². The number of hydrogen-bond acceptors (Lipinski definition) is 4. The summed E-state index contributed by atoms with van der Waals surface area (Å²) >= 11 is 0. The zero-order chi connectivity index (χ0) is 19.0. The number of nitrogens with one attached hydrogen (secondary N) is 2. The summed E-state index contributed by atoms with van der Waals surface area (Å²) in [5.41, 5.74) is 0. The molecule has 1 amide bonds. The first-order valence-corrected chi connectivity index (χ1v) is 10.4. The van der Waals surface area contributed by atoms with Gasteiger partial charge in [0, 0.05) is 26.1 Å². The molecule has 5 heteroatoms.